The first-order chi connectivity index (χ1) is 11.6. The third-order valence-corrected chi connectivity index (χ3v) is 4.18. The standard InChI is InChI=1S/C17H13BrO6/c1-21-16(19)10-2-4-11(5-3-10)17(20)22-8-12-6-14-15(7-13(12)18)24-9-23-14/h2-7H,8-9H2,1H3. The van der Waals surface area contributed by atoms with Gasteiger partial charge in [0.05, 0.1) is 18.2 Å². The Kier molecular flexibility index (Phi) is 4.71. The van der Waals surface area contributed by atoms with Crippen LogP contribution in [0.2, 0.25) is 0 Å². The maximum absolute atomic E-state index is 12.1. The van der Waals surface area contributed by atoms with Gasteiger partial charge in [0.15, 0.2) is 11.5 Å². The Bertz CT molecular complexity index is 784. The average Bonchev–Trinajstić information content (AvgIpc) is 3.05. The Morgan fingerprint density at radius 3 is 2.25 bits per heavy atom. The zero-order valence-corrected chi connectivity index (χ0v) is 14.3. The lowest BCUT2D eigenvalue weighted by Gasteiger charge is -2.08. The number of carbonyl (C=O) groups is 2. The Morgan fingerprint density at radius 2 is 1.62 bits per heavy atom. The number of rotatable bonds is 4. The van der Waals surface area contributed by atoms with Crippen molar-refractivity contribution in [2.75, 3.05) is 13.9 Å². The van der Waals surface area contributed by atoms with E-state index in [4.69, 9.17) is 14.2 Å². The zero-order valence-electron chi connectivity index (χ0n) is 12.7. The first-order valence-corrected chi connectivity index (χ1v) is 7.81. The highest BCUT2D eigenvalue weighted by Gasteiger charge is 2.17. The molecule has 0 aliphatic carbocycles. The smallest absolute Gasteiger partial charge is 0.338 e. The second-order valence-electron chi connectivity index (χ2n) is 4.94. The highest BCUT2D eigenvalue weighted by atomic mass is 79.9. The third-order valence-electron chi connectivity index (χ3n) is 3.44. The van der Waals surface area contributed by atoms with Crippen molar-refractivity contribution in [2.45, 2.75) is 6.61 Å². The summed E-state index contributed by atoms with van der Waals surface area (Å²) < 4.78 is 21.2. The van der Waals surface area contributed by atoms with E-state index in [1.165, 1.54) is 31.4 Å². The SMILES string of the molecule is COC(=O)c1ccc(C(=O)OCc2cc3c(cc2Br)OCO3)cc1. The Morgan fingerprint density at radius 1 is 1.04 bits per heavy atom. The summed E-state index contributed by atoms with van der Waals surface area (Å²) in [6.07, 6.45) is 0. The molecular weight excluding hydrogens is 380 g/mol. The molecular formula is C17H13BrO6. The van der Waals surface area contributed by atoms with Crippen molar-refractivity contribution < 1.29 is 28.5 Å². The van der Waals surface area contributed by atoms with Crippen LogP contribution >= 0.6 is 15.9 Å². The molecule has 124 valence electrons. The van der Waals surface area contributed by atoms with Crippen molar-refractivity contribution in [1.82, 2.24) is 0 Å². The van der Waals surface area contributed by atoms with E-state index in [2.05, 4.69) is 20.7 Å². The molecule has 0 amide bonds. The van der Waals surface area contributed by atoms with Crippen molar-refractivity contribution in [3.63, 3.8) is 0 Å². The molecule has 0 spiro atoms. The number of carbonyl (C=O) groups excluding carboxylic acids is 2. The van der Waals surface area contributed by atoms with E-state index in [1.54, 1.807) is 12.1 Å². The molecule has 2 aromatic carbocycles. The highest BCUT2D eigenvalue weighted by molar-refractivity contribution is 9.10. The maximum atomic E-state index is 12.1. The fraction of sp³-hybridized carbons (Fsp3) is 0.176. The minimum Gasteiger partial charge on any atom is -0.465 e. The molecule has 1 aliphatic rings. The average molecular weight is 393 g/mol. The topological polar surface area (TPSA) is 71.1 Å². The second kappa shape index (κ2) is 6.92. The van der Waals surface area contributed by atoms with Crippen LogP contribution in [0.15, 0.2) is 40.9 Å². The molecule has 0 saturated heterocycles. The minimum atomic E-state index is -0.490. The van der Waals surface area contributed by atoms with Crippen molar-refractivity contribution in [3.05, 3.63) is 57.6 Å². The van der Waals surface area contributed by atoms with Crippen LogP contribution in [-0.4, -0.2) is 25.8 Å². The first-order valence-electron chi connectivity index (χ1n) is 7.02. The number of fused-ring (bicyclic) bond motifs is 1. The number of halogens is 1. The summed E-state index contributed by atoms with van der Waals surface area (Å²) in [5.41, 5.74) is 1.48. The third kappa shape index (κ3) is 3.35. The Hall–Kier alpha value is -2.54. The number of methoxy groups -OCH3 is 1. The van der Waals surface area contributed by atoms with Crippen LogP contribution in [0.25, 0.3) is 0 Å². The van der Waals surface area contributed by atoms with Crippen LogP contribution in [0.1, 0.15) is 26.3 Å². The molecule has 0 saturated carbocycles. The van der Waals surface area contributed by atoms with Gasteiger partial charge in [-0.2, -0.15) is 0 Å². The summed E-state index contributed by atoms with van der Waals surface area (Å²) in [7, 11) is 1.30. The fourth-order valence-electron chi connectivity index (χ4n) is 2.16. The molecule has 3 rings (SSSR count). The van der Waals surface area contributed by atoms with E-state index in [1.807, 2.05) is 0 Å². The molecule has 0 aromatic heterocycles. The van der Waals surface area contributed by atoms with E-state index in [-0.39, 0.29) is 13.4 Å². The van der Waals surface area contributed by atoms with Gasteiger partial charge in [0.1, 0.15) is 6.61 Å². The maximum Gasteiger partial charge on any atom is 0.338 e. The zero-order chi connectivity index (χ0) is 17.1. The first kappa shape index (κ1) is 16.3. The van der Waals surface area contributed by atoms with Gasteiger partial charge in [0.25, 0.3) is 0 Å². The lowest BCUT2D eigenvalue weighted by Crippen LogP contribution is -2.07. The number of ether oxygens (including phenoxy) is 4. The Balaban J connectivity index is 1.66. The van der Waals surface area contributed by atoms with E-state index >= 15 is 0 Å². The van der Waals surface area contributed by atoms with Gasteiger partial charge >= 0.3 is 11.9 Å². The monoisotopic (exact) mass is 392 g/mol. The van der Waals surface area contributed by atoms with Gasteiger partial charge in [-0.1, -0.05) is 15.9 Å². The molecule has 0 unspecified atom stereocenters. The van der Waals surface area contributed by atoms with Gasteiger partial charge in [-0.3, -0.25) is 0 Å². The number of hydrogen-bond acceptors (Lipinski definition) is 6. The van der Waals surface area contributed by atoms with Gasteiger partial charge in [-0.25, -0.2) is 9.59 Å². The number of esters is 2. The molecule has 6 nitrogen and oxygen atoms in total. The molecule has 0 N–H and O–H groups in total. The molecule has 0 fully saturated rings. The van der Waals surface area contributed by atoms with Crippen LogP contribution in [0.5, 0.6) is 11.5 Å². The molecule has 1 aliphatic heterocycles. The van der Waals surface area contributed by atoms with Crippen LogP contribution in [0.4, 0.5) is 0 Å². The predicted molar refractivity (Wildman–Crippen MR) is 87.2 cm³/mol. The van der Waals surface area contributed by atoms with Crippen LogP contribution < -0.4 is 9.47 Å². The summed E-state index contributed by atoms with van der Waals surface area (Å²) in [4.78, 5) is 23.5. The minimum absolute atomic E-state index is 0.0782. The predicted octanol–water partition coefficient (Wildman–Crippen LogP) is 3.32. The molecule has 0 bridgehead atoms. The van der Waals surface area contributed by atoms with Crippen LogP contribution in [-0.2, 0) is 16.1 Å². The number of benzene rings is 2. The van der Waals surface area contributed by atoms with Gasteiger partial charge < -0.3 is 18.9 Å². The van der Waals surface area contributed by atoms with Crippen LogP contribution in [0.3, 0.4) is 0 Å². The normalized spacial score (nSPS) is 11.9. The molecule has 24 heavy (non-hydrogen) atoms. The summed E-state index contributed by atoms with van der Waals surface area (Å²) in [5, 5.41) is 0. The van der Waals surface area contributed by atoms with Crippen molar-refractivity contribution in [2.24, 2.45) is 0 Å². The molecule has 1 heterocycles. The second-order valence-corrected chi connectivity index (χ2v) is 5.80. The molecule has 0 atom stereocenters. The summed E-state index contributed by atoms with van der Waals surface area (Å²) >= 11 is 3.41. The Labute approximate surface area is 146 Å². The van der Waals surface area contributed by atoms with Crippen molar-refractivity contribution in [3.8, 4) is 11.5 Å². The van der Waals surface area contributed by atoms with Gasteiger partial charge in [0, 0.05) is 10.0 Å². The number of hydrogen-bond donors (Lipinski definition) is 0. The van der Waals surface area contributed by atoms with Gasteiger partial charge in [0.2, 0.25) is 6.79 Å². The van der Waals surface area contributed by atoms with Crippen molar-refractivity contribution in [1.29, 1.82) is 0 Å². The van der Waals surface area contributed by atoms with Crippen molar-refractivity contribution >= 4 is 27.9 Å². The summed E-state index contributed by atoms with van der Waals surface area (Å²) in [6, 6.07) is 9.60. The van der Waals surface area contributed by atoms with E-state index in [9.17, 15) is 9.59 Å². The quantitative estimate of drug-likeness (QED) is 0.743. The lowest BCUT2D eigenvalue weighted by atomic mass is 10.1. The van der Waals surface area contributed by atoms with Crippen LogP contribution in [0, 0.1) is 0 Å². The summed E-state index contributed by atoms with van der Waals surface area (Å²) in [6.45, 7) is 0.256. The van der Waals surface area contributed by atoms with E-state index in [0.29, 0.717) is 22.6 Å². The van der Waals surface area contributed by atoms with E-state index < -0.39 is 11.9 Å². The highest BCUT2D eigenvalue weighted by Crippen LogP contribution is 2.37. The molecule has 2 aromatic rings. The van der Waals surface area contributed by atoms with Gasteiger partial charge in [-0.15, -0.1) is 0 Å². The van der Waals surface area contributed by atoms with Gasteiger partial charge in [-0.05, 0) is 36.4 Å². The lowest BCUT2D eigenvalue weighted by molar-refractivity contribution is 0.0470. The molecule has 7 heteroatoms. The van der Waals surface area contributed by atoms with E-state index in [0.717, 1.165) is 10.0 Å². The summed E-state index contributed by atoms with van der Waals surface area (Å²) in [5.74, 6) is 0.317. The molecule has 0 radical (unpaired) electrons. The largest absolute Gasteiger partial charge is 0.465 e. The fourth-order valence-corrected chi connectivity index (χ4v) is 2.59.